The normalized spacial score (nSPS) is 25.5. The van der Waals surface area contributed by atoms with Crippen LogP contribution in [0.1, 0.15) is 39.0 Å². The molecule has 0 aromatic heterocycles. The predicted octanol–water partition coefficient (Wildman–Crippen LogP) is 0.698. The predicted molar refractivity (Wildman–Crippen MR) is 77.8 cm³/mol. The Labute approximate surface area is 126 Å². The molecule has 2 fully saturated rings. The molecule has 1 aliphatic heterocycles. The van der Waals surface area contributed by atoms with E-state index in [4.69, 9.17) is 4.74 Å². The van der Waals surface area contributed by atoms with Crippen molar-refractivity contribution in [2.24, 2.45) is 0 Å². The highest BCUT2D eigenvalue weighted by Gasteiger charge is 2.30. The molecule has 2 atom stereocenters. The summed E-state index contributed by atoms with van der Waals surface area (Å²) in [6.45, 7) is 3.78. The Balaban J connectivity index is 1.81. The van der Waals surface area contributed by atoms with Gasteiger partial charge in [-0.25, -0.2) is 0 Å². The largest absolute Gasteiger partial charge is 0.469 e. The van der Waals surface area contributed by atoms with E-state index >= 15 is 0 Å². The van der Waals surface area contributed by atoms with E-state index in [1.807, 2.05) is 6.92 Å². The van der Waals surface area contributed by atoms with E-state index in [0.717, 1.165) is 19.4 Å². The Morgan fingerprint density at radius 1 is 1.38 bits per heavy atom. The van der Waals surface area contributed by atoms with E-state index in [9.17, 15) is 9.59 Å². The molecule has 120 valence electrons. The molecule has 0 aromatic rings. The van der Waals surface area contributed by atoms with Gasteiger partial charge in [-0.15, -0.1) is 0 Å². The molecule has 0 radical (unpaired) electrons. The first-order valence-electron chi connectivity index (χ1n) is 7.83. The number of methoxy groups -OCH3 is 1. The van der Waals surface area contributed by atoms with Crippen LogP contribution in [-0.4, -0.2) is 61.8 Å². The van der Waals surface area contributed by atoms with Crippen molar-refractivity contribution in [2.75, 3.05) is 26.8 Å². The fraction of sp³-hybridized carbons (Fsp3) is 0.867. The zero-order valence-electron chi connectivity index (χ0n) is 13.0. The molecule has 6 nitrogen and oxygen atoms in total. The summed E-state index contributed by atoms with van der Waals surface area (Å²) in [6.07, 6.45) is 4.65. The zero-order valence-corrected chi connectivity index (χ0v) is 13.0. The van der Waals surface area contributed by atoms with E-state index in [-0.39, 0.29) is 30.4 Å². The van der Waals surface area contributed by atoms with Crippen molar-refractivity contribution in [2.45, 2.75) is 57.2 Å². The minimum atomic E-state index is -0.273. The highest BCUT2D eigenvalue weighted by Crippen LogP contribution is 2.18. The second-order valence-electron chi connectivity index (χ2n) is 5.93. The van der Waals surface area contributed by atoms with Crippen LogP contribution in [0.5, 0.6) is 0 Å². The Kier molecular flexibility index (Phi) is 5.99. The molecule has 1 heterocycles. The molecular formula is C15H26N2O4. The molecule has 6 heteroatoms. The van der Waals surface area contributed by atoms with Crippen LogP contribution in [-0.2, 0) is 19.1 Å². The maximum atomic E-state index is 12.3. The Morgan fingerprint density at radius 2 is 2.10 bits per heavy atom. The molecule has 21 heavy (non-hydrogen) atoms. The molecule has 2 aliphatic rings. The number of hydrogen-bond donors (Lipinski definition) is 1. The molecule has 1 amide bonds. The lowest BCUT2D eigenvalue weighted by Gasteiger charge is -2.36. The summed E-state index contributed by atoms with van der Waals surface area (Å²) >= 11 is 0. The van der Waals surface area contributed by atoms with Gasteiger partial charge in [-0.05, 0) is 19.8 Å². The van der Waals surface area contributed by atoms with Gasteiger partial charge in [0.25, 0.3) is 0 Å². The van der Waals surface area contributed by atoms with Crippen LogP contribution < -0.4 is 5.32 Å². The van der Waals surface area contributed by atoms with Gasteiger partial charge in [0.1, 0.15) is 0 Å². The average molecular weight is 298 g/mol. The van der Waals surface area contributed by atoms with E-state index in [1.54, 1.807) is 0 Å². The first-order chi connectivity index (χ1) is 10.1. The van der Waals surface area contributed by atoms with E-state index in [1.165, 1.54) is 20.0 Å². The second-order valence-corrected chi connectivity index (χ2v) is 5.93. The monoisotopic (exact) mass is 298 g/mol. The van der Waals surface area contributed by atoms with E-state index in [0.29, 0.717) is 19.2 Å². The van der Waals surface area contributed by atoms with Gasteiger partial charge in [0.05, 0.1) is 32.3 Å². The third-order valence-electron chi connectivity index (χ3n) is 4.42. The third kappa shape index (κ3) is 4.68. The van der Waals surface area contributed by atoms with Crippen molar-refractivity contribution in [1.82, 2.24) is 10.2 Å². The molecule has 1 saturated carbocycles. The van der Waals surface area contributed by atoms with Crippen molar-refractivity contribution >= 4 is 11.9 Å². The molecule has 1 aliphatic carbocycles. The summed E-state index contributed by atoms with van der Waals surface area (Å²) < 4.78 is 10.2. The lowest BCUT2D eigenvalue weighted by molar-refractivity contribution is -0.146. The fourth-order valence-corrected chi connectivity index (χ4v) is 3.04. The SMILES string of the molecule is COC(=O)CC1CN(C(C)C(=O)NC2CCCC2)CCO1. The smallest absolute Gasteiger partial charge is 0.308 e. The minimum absolute atomic E-state index is 0.0839. The first-order valence-corrected chi connectivity index (χ1v) is 7.83. The summed E-state index contributed by atoms with van der Waals surface area (Å²) in [6, 6.07) is 0.154. The lowest BCUT2D eigenvalue weighted by Crippen LogP contribution is -2.53. The van der Waals surface area contributed by atoms with Crippen molar-refractivity contribution in [1.29, 1.82) is 0 Å². The van der Waals surface area contributed by atoms with Crippen LogP contribution in [0.15, 0.2) is 0 Å². The number of ether oxygens (including phenoxy) is 2. The van der Waals surface area contributed by atoms with Crippen LogP contribution >= 0.6 is 0 Å². The van der Waals surface area contributed by atoms with Crippen LogP contribution in [0.2, 0.25) is 0 Å². The minimum Gasteiger partial charge on any atom is -0.469 e. The van der Waals surface area contributed by atoms with Crippen LogP contribution in [0.4, 0.5) is 0 Å². The first kappa shape index (κ1) is 16.2. The topological polar surface area (TPSA) is 67.9 Å². The molecule has 0 aromatic carbocycles. The van der Waals surface area contributed by atoms with Gasteiger partial charge in [0, 0.05) is 19.1 Å². The van der Waals surface area contributed by atoms with Gasteiger partial charge in [0.2, 0.25) is 5.91 Å². The molecule has 1 saturated heterocycles. The Hall–Kier alpha value is -1.14. The van der Waals surface area contributed by atoms with Crippen LogP contribution in [0.3, 0.4) is 0 Å². The summed E-state index contributed by atoms with van der Waals surface area (Å²) in [4.78, 5) is 25.7. The average Bonchev–Trinajstić information content (AvgIpc) is 2.99. The molecule has 2 rings (SSSR count). The van der Waals surface area contributed by atoms with Crippen molar-refractivity contribution in [3.05, 3.63) is 0 Å². The highest BCUT2D eigenvalue weighted by molar-refractivity contribution is 5.81. The van der Waals surface area contributed by atoms with Crippen LogP contribution in [0, 0.1) is 0 Å². The summed E-state index contributed by atoms with van der Waals surface area (Å²) in [5, 5.41) is 3.13. The van der Waals surface area contributed by atoms with Gasteiger partial charge >= 0.3 is 5.97 Å². The molecule has 2 unspecified atom stereocenters. The van der Waals surface area contributed by atoms with Crippen molar-refractivity contribution in [3.8, 4) is 0 Å². The number of rotatable bonds is 5. The number of esters is 1. The Bertz CT molecular complexity index is 369. The highest BCUT2D eigenvalue weighted by atomic mass is 16.5. The number of carbonyl (C=O) groups excluding carboxylic acids is 2. The van der Waals surface area contributed by atoms with Gasteiger partial charge in [-0.2, -0.15) is 0 Å². The number of hydrogen-bond acceptors (Lipinski definition) is 5. The summed E-state index contributed by atoms with van der Waals surface area (Å²) in [5.74, 6) is -0.189. The fourth-order valence-electron chi connectivity index (χ4n) is 3.04. The number of nitrogens with one attached hydrogen (secondary N) is 1. The Morgan fingerprint density at radius 3 is 2.76 bits per heavy atom. The quantitative estimate of drug-likeness (QED) is 0.757. The van der Waals surface area contributed by atoms with Gasteiger partial charge in [-0.1, -0.05) is 12.8 Å². The number of carbonyl (C=O) groups is 2. The number of morpholine rings is 1. The summed E-state index contributed by atoms with van der Waals surface area (Å²) in [7, 11) is 1.38. The number of nitrogens with zero attached hydrogens (tertiary/aromatic N) is 1. The van der Waals surface area contributed by atoms with E-state index in [2.05, 4.69) is 15.0 Å². The molecule has 0 bridgehead atoms. The second kappa shape index (κ2) is 7.75. The molecule has 0 spiro atoms. The van der Waals surface area contributed by atoms with E-state index < -0.39 is 0 Å². The van der Waals surface area contributed by atoms with Crippen LogP contribution in [0.25, 0.3) is 0 Å². The maximum Gasteiger partial charge on any atom is 0.308 e. The molecular weight excluding hydrogens is 272 g/mol. The maximum absolute atomic E-state index is 12.3. The van der Waals surface area contributed by atoms with Crippen molar-refractivity contribution < 1.29 is 19.1 Å². The number of amides is 1. The zero-order chi connectivity index (χ0) is 15.2. The lowest BCUT2D eigenvalue weighted by atomic mass is 10.1. The summed E-state index contributed by atoms with van der Waals surface area (Å²) in [5.41, 5.74) is 0. The standard InChI is InChI=1S/C15H26N2O4/c1-11(15(19)16-12-5-3-4-6-12)17-7-8-21-13(10-17)9-14(18)20-2/h11-13H,3-10H2,1-2H3,(H,16,19). The molecule has 1 N–H and O–H groups in total. The third-order valence-corrected chi connectivity index (χ3v) is 4.42. The van der Waals surface area contributed by atoms with Gasteiger partial charge in [0.15, 0.2) is 0 Å². The van der Waals surface area contributed by atoms with Gasteiger partial charge < -0.3 is 14.8 Å². The van der Waals surface area contributed by atoms with Gasteiger partial charge in [-0.3, -0.25) is 14.5 Å². The van der Waals surface area contributed by atoms with Crippen molar-refractivity contribution in [3.63, 3.8) is 0 Å².